The summed E-state index contributed by atoms with van der Waals surface area (Å²) in [6.45, 7) is 4.65. The SMILES string of the molecule is CCC(C)[C@H](N)C(=O)N(C)Cc1ccc(Br)cc1. The van der Waals surface area contributed by atoms with Crippen LogP contribution in [0.1, 0.15) is 25.8 Å². The van der Waals surface area contributed by atoms with Crippen LogP contribution in [0.2, 0.25) is 0 Å². The smallest absolute Gasteiger partial charge is 0.239 e. The van der Waals surface area contributed by atoms with Gasteiger partial charge in [-0.15, -0.1) is 0 Å². The Bertz CT molecular complexity index is 391. The number of rotatable bonds is 5. The summed E-state index contributed by atoms with van der Waals surface area (Å²) in [5.41, 5.74) is 7.05. The molecule has 4 heteroatoms. The molecule has 1 unspecified atom stereocenters. The van der Waals surface area contributed by atoms with Crippen molar-refractivity contribution in [3.63, 3.8) is 0 Å². The van der Waals surface area contributed by atoms with Crippen molar-refractivity contribution in [2.24, 2.45) is 11.7 Å². The van der Waals surface area contributed by atoms with Gasteiger partial charge in [-0.3, -0.25) is 4.79 Å². The Morgan fingerprint density at radius 1 is 1.39 bits per heavy atom. The Labute approximate surface area is 117 Å². The molecule has 1 rings (SSSR count). The first-order valence-corrected chi connectivity index (χ1v) is 7.00. The van der Waals surface area contributed by atoms with E-state index in [-0.39, 0.29) is 11.8 Å². The number of benzene rings is 1. The summed E-state index contributed by atoms with van der Waals surface area (Å²) in [4.78, 5) is 13.8. The molecule has 1 aromatic carbocycles. The van der Waals surface area contributed by atoms with Gasteiger partial charge in [-0.25, -0.2) is 0 Å². The second kappa shape index (κ2) is 6.90. The lowest BCUT2D eigenvalue weighted by molar-refractivity contribution is -0.132. The van der Waals surface area contributed by atoms with Gasteiger partial charge < -0.3 is 10.6 Å². The highest BCUT2D eigenvalue weighted by Gasteiger charge is 2.22. The molecule has 0 saturated heterocycles. The highest BCUT2D eigenvalue weighted by Crippen LogP contribution is 2.13. The van der Waals surface area contributed by atoms with Crippen LogP contribution in [0.4, 0.5) is 0 Å². The van der Waals surface area contributed by atoms with Gasteiger partial charge in [-0.05, 0) is 23.6 Å². The lowest BCUT2D eigenvalue weighted by Crippen LogP contribution is -2.45. The Hall–Kier alpha value is -0.870. The summed E-state index contributed by atoms with van der Waals surface area (Å²) in [6.07, 6.45) is 0.916. The first-order chi connectivity index (χ1) is 8.45. The Morgan fingerprint density at radius 3 is 2.44 bits per heavy atom. The molecule has 1 amide bonds. The van der Waals surface area contributed by atoms with E-state index in [0.29, 0.717) is 6.54 Å². The van der Waals surface area contributed by atoms with Crippen LogP contribution in [0.3, 0.4) is 0 Å². The molecular weight excluding hydrogens is 292 g/mol. The predicted molar refractivity (Wildman–Crippen MR) is 78.0 cm³/mol. The van der Waals surface area contributed by atoms with Crippen LogP contribution in [0.5, 0.6) is 0 Å². The molecule has 0 radical (unpaired) electrons. The predicted octanol–water partition coefficient (Wildman–Crippen LogP) is 2.78. The molecule has 0 heterocycles. The molecule has 18 heavy (non-hydrogen) atoms. The number of nitrogens with two attached hydrogens (primary N) is 1. The highest BCUT2D eigenvalue weighted by atomic mass is 79.9. The maximum absolute atomic E-state index is 12.1. The Kier molecular flexibility index (Phi) is 5.82. The number of hydrogen-bond acceptors (Lipinski definition) is 2. The largest absolute Gasteiger partial charge is 0.340 e. The first-order valence-electron chi connectivity index (χ1n) is 6.20. The zero-order valence-electron chi connectivity index (χ0n) is 11.2. The van der Waals surface area contributed by atoms with Crippen molar-refractivity contribution >= 4 is 21.8 Å². The van der Waals surface area contributed by atoms with E-state index in [1.165, 1.54) is 0 Å². The van der Waals surface area contributed by atoms with Crippen molar-refractivity contribution in [3.05, 3.63) is 34.3 Å². The first kappa shape index (κ1) is 15.2. The molecular formula is C14H21BrN2O. The quantitative estimate of drug-likeness (QED) is 0.908. The molecule has 0 aromatic heterocycles. The van der Waals surface area contributed by atoms with Crippen LogP contribution in [0.25, 0.3) is 0 Å². The second-order valence-corrected chi connectivity index (χ2v) is 5.65. The van der Waals surface area contributed by atoms with Crippen LogP contribution < -0.4 is 5.73 Å². The molecule has 2 N–H and O–H groups in total. The van der Waals surface area contributed by atoms with Gasteiger partial charge in [0.05, 0.1) is 6.04 Å². The van der Waals surface area contributed by atoms with Gasteiger partial charge in [-0.1, -0.05) is 48.3 Å². The summed E-state index contributed by atoms with van der Waals surface area (Å²) in [6, 6.07) is 7.55. The van der Waals surface area contributed by atoms with Crippen molar-refractivity contribution in [1.82, 2.24) is 4.90 Å². The summed E-state index contributed by atoms with van der Waals surface area (Å²) in [5, 5.41) is 0. The van der Waals surface area contributed by atoms with Crippen molar-refractivity contribution in [2.45, 2.75) is 32.9 Å². The number of likely N-dealkylation sites (N-methyl/N-ethyl adjacent to an activating group) is 1. The van der Waals surface area contributed by atoms with E-state index in [0.717, 1.165) is 16.5 Å². The molecule has 1 aromatic rings. The average molecular weight is 313 g/mol. The molecule has 2 atom stereocenters. The standard InChI is InChI=1S/C14H21BrN2O/c1-4-10(2)13(16)14(18)17(3)9-11-5-7-12(15)8-6-11/h5-8,10,13H,4,9,16H2,1-3H3/t10?,13-/m0/s1. The maximum atomic E-state index is 12.1. The third-order valence-corrected chi connectivity index (χ3v) is 3.78. The molecule has 0 fully saturated rings. The zero-order chi connectivity index (χ0) is 13.7. The summed E-state index contributed by atoms with van der Waals surface area (Å²) in [7, 11) is 1.80. The Morgan fingerprint density at radius 2 is 1.94 bits per heavy atom. The normalized spacial score (nSPS) is 14.1. The van der Waals surface area contributed by atoms with Gasteiger partial charge in [0.2, 0.25) is 5.91 Å². The number of nitrogens with zero attached hydrogens (tertiary/aromatic N) is 1. The van der Waals surface area contributed by atoms with Crippen LogP contribution >= 0.6 is 15.9 Å². The fraction of sp³-hybridized carbons (Fsp3) is 0.500. The molecule has 0 spiro atoms. The van der Waals surface area contributed by atoms with Gasteiger partial charge in [0.25, 0.3) is 0 Å². The van der Waals surface area contributed by atoms with E-state index in [9.17, 15) is 4.79 Å². The minimum atomic E-state index is -0.407. The fourth-order valence-electron chi connectivity index (χ4n) is 1.69. The summed E-state index contributed by atoms with van der Waals surface area (Å²) < 4.78 is 1.04. The van der Waals surface area contributed by atoms with Crippen molar-refractivity contribution < 1.29 is 4.79 Å². The zero-order valence-corrected chi connectivity index (χ0v) is 12.8. The number of halogens is 1. The number of amides is 1. The maximum Gasteiger partial charge on any atom is 0.239 e. The van der Waals surface area contributed by atoms with Crippen molar-refractivity contribution in [2.75, 3.05) is 7.05 Å². The van der Waals surface area contributed by atoms with Crippen molar-refractivity contribution in [1.29, 1.82) is 0 Å². The van der Waals surface area contributed by atoms with Crippen LogP contribution in [0.15, 0.2) is 28.7 Å². The minimum Gasteiger partial charge on any atom is -0.340 e. The van der Waals surface area contributed by atoms with Gasteiger partial charge in [0, 0.05) is 18.1 Å². The van der Waals surface area contributed by atoms with Gasteiger partial charge in [-0.2, -0.15) is 0 Å². The van der Waals surface area contributed by atoms with Crippen LogP contribution in [-0.2, 0) is 11.3 Å². The summed E-state index contributed by atoms with van der Waals surface area (Å²) >= 11 is 3.39. The van der Waals surface area contributed by atoms with E-state index in [1.54, 1.807) is 11.9 Å². The topological polar surface area (TPSA) is 46.3 Å². The van der Waals surface area contributed by atoms with Crippen molar-refractivity contribution in [3.8, 4) is 0 Å². The number of carbonyl (C=O) groups excluding carboxylic acids is 1. The van der Waals surface area contributed by atoms with E-state index >= 15 is 0 Å². The molecule has 100 valence electrons. The molecule has 0 bridgehead atoms. The molecule has 0 aliphatic heterocycles. The van der Waals surface area contributed by atoms with E-state index in [4.69, 9.17) is 5.73 Å². The van der Waals surface area contributed by atoms with E-state index in [2.05, 4.69) is 15.9 Å². The lowest BCUT2D eigenvalue weighted by atomic mass is 9.99. The average Bonchev–Trinajstić information content (AvgIpc) is 2.38. The molecule has 0 saturated carbocycles. The summed E-state index contributed by atoms with van der Waals surface area (Å²) in [5.74, 6) is 0.220. The van der Waals surface area contributed by atoms with E-state index in [1.807, 2.05) is 38.1 Å². The second-order valence-electron chi connectivity index (χ2n) is 4.73. The lowest BCUT2D eigenvalue weighted by Gasteiger charge is -2.24. The minimum absolute atomic E-state index is 0.00673. The van der Waals surface area contributed by atoms with Gasteiger partial charge in [0.1, 0.15) is 0 Å². The van der Waals surface area contributed by atoms with Crippen LogP contribution in [0, 0.1) is 5.92 Å². The van der Waals surface area contributed by atoms with Gasteiger partial charge >= 0.3 is 0 Å². The molecule has 3 nitrogen and oxygen atoms in total. The molecule has 0 aliphatic carbocycles. The highest BCUT2D eigenvalue weighted by molar-refractivity contribution is 9.10. The number of carbonyl (C=O) groups is 1. The number of hydrogen-bond donors (Lipinski definition) is 1. The monoisotopic (exact) mass is 312 g/mol. The third kappa shape index (κ3) is 4.10. The third-order valence-electron chi connectivity index (χ3n) is 3.25. The Balaban J connectivity index is 2.62. The molecule has 0 aliphatic rings. The van der Waals surface area contributed by atoms with E-state index < -0.39 is 6.04 Å². The van der Waals surface area contributed by atoms with Crippen LogP contribution in [-0.4, -0.2) is 23.9 Å². The van der Waals surface area contributed by atoms with Gasteiger partial charge in [0.15, 0.2) is 0 Å². The fourth-order valence-corrected chi connectivity index (χ4v) is 1.96.